The fourth-order valence-electron chi connectivity index (χ4n) is 3.07. The Kier molecular flexibility index (Phi) is 9.92. The monoisotopic (exact) mass is 470 g/mol. The zero-order chi connectivity index (χ0) is 25.1. The van der Waals surface area contributed by atoms with Gasteiger partial charge >= 0.3 is 12.1 Å². The lowest BCUT2D eigenvalue weighted by molar-refractivity contribution is -0.137. The molecule has 0 atom stereocenters. The van der Waals surface area contributed by atoms with Gasteiger partial charge in [-0.05, 0) is 92.8 Å². The molecule has 34 heavy (non-hydrogen) atoms. The van der Waals surface area contributed by atoms with Crippen molar-refractivity contribution in [2.24, 2.45) is 0 Å². The smallest absolute Gasteiger partial charge is 0.416 e. The van der Waals surface area contributed by atoms with Crippen LogP contribution in [0.4, 0.5) is 13.2 Å². The number of alkyl halides is 3. The van der Waals surface area contributed by atoms with E-state index >= 15 is 0 Å². The van der Waals surface area contributed by atoms with Gasteiger partial charge in [0, 0.05) is 6.08 Å². The van der Waals surface area contributed by atoms with E-state index in [0.717, 1.165) is 31.1 Å². The first-order chi connectivity index (χ1) is 16.0. The molecule has 180 valence electrons. The van der Waals surface area contributed by atoms with Crippen LogP contribution in [0.5, 0.6) is 5.75 Å². The number of halogens is 3. The van der Waals surface area contributed by atoms with Crippen LogP contribution in [0.2, 0.25) is 0 Å². The van der Waals surface area contributed by atoms with Crippen molar-refractivity contribution in [3.8, 4) is 5.75 Å². The molecule has 2 aromatic rings. The lowest BCUT2D eigenvalue weighted by atomic mass is 10.00. The van der Waals surface area contributed by atoms with Crippen molar-refractivity contribution >= 4 is 17.6 Å². The molecule has 0 saturated heterocycles. The second-order valence-corrected chi connectivity index (χ2v) is 8.10. The largest absolute Gasteiger partial charge is 0.490 e. The van der Waals surface area contributed by atoms with Crippen molar-refractivity contribution < 1.29 is 27.8 Å². The number of aliphatic carboxylic acids is 1. The quantitative estimate of drug-likeness (QED) is 0.166. The molecule has 0 spiro atoms. The Labute approximate surface area is 198 Å². The lowest BCUT2D eigenvalue weighted by Gasteiger charge is -2.10. The maximum atomic E-state index is 13.1. The van der Waals surface area contributed by atoms with Gasteiger partial charge in [-0.15, -0.1) is 0 Å². The average molecular weight is 471 g/mol. The van der Waals surface area contributed by atoms with E-state index in [4.69, 9.17) is 9.84 Å². The van der Waals surface area contributed by atoms with Gasteiger partial charge in [0.2, 0.25) is 0 Å². The molecule has 0 fully saturated rings. The van der Waals surface area contributed by atoms with E-state index in [1.807, 2.05) is 6.08 Å². The summed E-state index contributed by atoms with van der Waals surface area (Å²) in [6.07, 6.45) is 5.53. The third kappa shape index (κ3) is 9.53. The van der Waals surface area contributed by atoms with Crippen molar-refractivity contribution in [1.29, 1.82) is 0 Å². The maximum absolute atomic E-state index is 13.1. The summed E-state index contributed by atoms with van der Waals surface area (Å²) in [6.45, 7) is 6.65. The van der Waals surface area contributed by atoms with Crippen molar-refractivity contribution in [3.05, 3.63) is 101 Å². The molecule has 0 unspecified atom stereocenters. The number of carboxylic acid groups (broad SMARTS) is 1. The number of allylic oxidation sites excluding steroid dienone is 5. The van der Waals surface area contributed by atoms with Gasteiger partial charge in [-0.1, -0.05) is 41.5 Å². The third-order valence-corrected chi connectivity index (χ3v) is 4.90. The molecule has 2 aromatic carbocycles. The molecule has 0 bridgehead atoms. The highest BCUT2D eigenvalue weighted by Gasteiger charge is 2.30. The summed E-state index contributed by atoms with van der Waals surface area (Å²) in [7, 11) is 0. The number of carbonyl (C=O) groups is 1. The molecule has 2 rings (SSSR count). The summed E-state index contributed by atoms with van der Waals surface area (Å²) in [6, 6.07) is 11.9. The van der Waals surface area contributed by atoms with E-state index < -0.39 is 17.7 Å². The van der Waals surface area contributed by atoms with Gasteiger partial charge < -0.3 is 9.84 Å². The number of benzene rings is 2. The Morgan fingerprint density at radius 3 is 2.32 bits per heavy atom. The molecule has 0 aromatic heterocycles. The molecule has 6 heteroatoms. The summed E-state index contributed by atoms with van der Waals surface area (Å²) in [5, 5.41) is 8.97. The topological polar surface area (TPSA) is 46.5 Å². The van der Waals surface area contributed by atoms with Crippen molar-refractivity contribution in [1.82, 2.24) is 0 Å². The molecule has 0 saturated carbocycles. The van der Waals surface area contributed by atoms with Crippen molar-refractivity contribution in [2.75, 3.05) is 6.61 Å². The summed E-state index contributed by atoms with van der Waals surface area (Å²) in [5.74, 6) is -0.530. The van der Waals surface area contributed by atoms with E-state index in [9.17, 15) is 18.0 Å². The van der Waals surface area contributed by atoms with E-state index in [0.29, 0.717) is 23.5 Å². The van der Waals surface area contributed by atoms with Crippen LogP contribution in [0.15, 0.2) is 84.0 Å². The Balaban J connectivity index is 2.16. The Morgan fingerprint density at radius 2 is 1.71 bits per heavy atom. The summed E-state index contributed by atoms with van der Waals surface area (Å²) in [5.41, 5.74) is 3.05. The average Bonchev–Trinajstić information content (AvgIpc) is 2.77. The number of hydrogen-bond donors (Lipinski definition) is 1. The van der Waals surface area contributed by atoms with Gasteiger partial charge in [-0.25, -0.2) is 4.79 Å². The molecule has 0 aliphatic rings. The second-order valence-electron chi connectivity index (χ2n) is 8.10. The molecule has 0 aliphatic carbocycles. The van der Waals surface area contributed by atoms with Crippen LogP contribution in [0, 0.1) is 0 Å². The minimum Gasteiger partial charge on any atom is -0.490 e. The first-order valence-corrected chi connectivity index (χ1v) is 10.9. The van der Waals surface area contributed by atoms with Crippen LogP contribution in [0.1, 0.15) is 50.3 Å². The molecule has 0 aliphatic heterocycles. The number of hydrogen-bond acceptors (Lipinski definition) is 2. The molecular formula is C28H29F3O3. The van der Waals surface area contributed by atoms with Crippen LogP contribution in [0.3, 0.4) is 0 Å². The number of rotatable bonds is 10. The Bertz CT molecular complexity index is 1080. The maximum Gasteiger partial charge on any atom is 0.416 e. The van der Waals surface area contributed by atoms with Gasteiger partial charge in [-0.3, -0.25) is 0 Å². The third-order valence-electron chi connectivity index (χ3n) is 4.90. The predicted molar refractivity (Wildman–Crippen MR) is 130 cm³/mol. The van der Waals surface area contributed by atoms with E-state index in [-0.39, 0.29) is 5.56 Å². The summed E-state index contributed by atoms with van der Waals surface area (Å²) >= 11 is 0. The van der Waals surface area contributed by atoms with Crippen LogP contribution in [0.25, 0.3) is 11.6 Å². The zero-order valence-corrected chi connectivity index (χ0v) is 19.5. The lowest BCUT2D eigenvalue weighted by Crippen LogP contribution is -2.05. The van der Waals surface area contributed by atoms with E-state index in [1.165, 1.54) is 29.4 Å². The van der Waals surface area contributed by atoms with Gasteiger partial charge in [0.1, 0.15) is 12.4 Å². The highest BCUT2D eigenvalue weighted by Crippen LogP contribution is 2.32. The fourth-order valence-corrected chi connectivity index (χ4v) is 3.07. The van der Waals surface area contributed by atoms with Crippen molar-refractivity contribution in [3.63, 3.8) is 0 Å². The fraction of sp³-hybridized carbons (Fsp3) is 0.250. The van der Waals surface area contributed by atoms with Gasteiger partial charge in [-0.2, -0.15) is 13.2 Å². The SMILES string of the molecule is CC(C)=CCCC(C)=CCOc1ccc(C=C(C=CC(=O)O)c2cccc(C(F)(F)F)c2)cc1. The van der Waals surface area contributed by atoms with Gasteiger partial charge in [0.15, 0.2) is 0 Å². The molecular weight excluding hydrogens is 441 g/mol. The van der Waals surface area contributed by atoms with E-state index in [1.54, 1.807) is 30.3 Å². The first-order valence-electron chi connectivity index (χ1n) is 10.9. The second kappa shape index (κ2) is 12.6. The molecule has 1 N–H and O–H groups in total. The number of ether oxygens (including phenoxy) is 1. The van der Waals surface area contributed by atoms with Gasteiger partial charge in [0.25, 0.3) is 0 Å². The Morgan fingerprint density at radius 1 is 1.00 bits per heavy atom. The minimum atomic E-state index is -4.49. The van der Waals surface area contributed by atoms with Crippen LogP contribution in [-0.2, 0) is 11.0 Å². The molecule has 0 radical (unpaired) electrons. The zero-order valence-electron chi connectivity index (χ0n) is 19.5. The van der Waals surface area contributed by atoms with Gasteiger partial charge in [0.05, 0.1) is 5.56 Å². The standard InChI is InChI=1S/C28H29F3O3/c1-20(2)6-4-7-21(3)16-17-34-26-13-10-22(11-14-26)18-24(12-15-27(32)33)23-8-5-9-25(19-23)28(29,30)31/h5-6,8-16,18-19H,4,7,17H2,1-3H3,(H,32,33). The minimum absolute atomic E-state index is 0.265. The van der Waals surface area contributed by atoms with E-state index in [2.05, 4.69) is 26.8 Å². The number of carboxylic acids is 1. The summed E-state index contributed by atoms with van der Waals surface area (Å²) in [4.78, 5) is 11.0. The van der Waals surface area contributed by atoms with Crippen LogP contribution >= 0.6 is 0 Å². The molecule has 0 heterocycles. The highest BCUT2D eigenvalue weighted by molar-refractivity contribution is 5.92. The van der Waals surface area contributed by atoms with Crippen LogP contribution in [-0.4, -0.2) is 17.7 Å². The highest BCUT2D eigenvalue weighted by atomic mass is 19.4. The van der Waals surface area contributed by atoms with Crippen molar-refractivity contribution in [2.45, 2.75) is 39.8 Å². The van der Waals surface area contributed by atoms with Crippen LogP contribution < -0.4 is 4.74 Å². The Hall–Kier alpha value is -3.54. The predicted octanol–water partition coefficient (Wildman–Crippen LogP) is 7.96. The molecule has 0 amide bonds. The summed E-state index contributed by atoms with van der Waals surface area (Å²) < 4.78 is 45.1. The first kappa shape index (κ1) is 26.7. The normalized spacial score (nSPS) is 12.6. The molecule has 3 nitrogen and oxygen atoms in total.